The summed E-state index contributed by atoms with van der Waals surface area (Å²) in [6, 6.07) is 10.1. The molecular formula is C16H17F3N2O2. The number of carbonyl (C=O) groups excluding carboxylic acids is 1. The van der Waals surface area contributed by atoms with E-state index in [9.17, 15) is 23.1 Å². The second-order valence-corrected chi connectivity index (χ2v) is 5.23. The third-order valence-electron chi connectivity index (χ3n) is 3.67. The van der Waals surface area contributed by atoms with E-state index in [-0.39, 0.29) is 12.1 Å². The van der Waals surface area contributed by atoms with Crippen molar-refractivity contribution in [2.24, 2.45) is 7.05 Å². The topological polar surface area (TPSA) is 54.3 Å². The van der Waals surface area contributed by atoms with Gasteiger partial charge in [0.25, 0.3) is 5.91 Å². The molecule has 124 valence electrons. The molecule has 7 heteroatoms. The number of alkyl halides is 3. The maximum atomic E-state index is 13.3. The van der Waals surface area contributed by atoms with Crippen LogP contribution in [-0.2, 0) is 12.6 Å². The minimum Gasteiger partial charge on any atom is -0.376 e. The molecule has 0 saturated heterocycles. The number of benzene rings is 1. The van der Waals surface area contributed by atoms with E-state index in [0.717, 1.165) is 0 Å². The number of hydrogen-bond donors (Lipinski definition) is 2. The summed E-state index contributed by atoms with van der Waals surface area (Å²) in [6.07, 6.45) is -3.86. The molecule has 2 rings (SSSR count). The molecule has 1 unspecified atom stereocenters. The molecule has 1 aromatic heterocycles. The summed E-state index contributed by atoms with van der Waals surface area (Å²) in [5, 5.41) is 12.5. The summed E-state index contributed by atoms with van der Waals surface area (Å²) in [7, 11) is 1.66. The highest BCUT2D eigenvalue weighted by atomic mass is 19.4. The Hall–Kier alpha value is -2.28. The van der Waals surface area contributed by atoms with Crippen LogP contribution in [0.3, 0.4) is 0 Å². The molecule has 0 aliphatic rings. The highest BCUT2D eigenvalue weighted by Gasteiger charge is 2.54. The van der Waals surface area contributed by atoms with Crippen LogP contribution in [0.15, 0.2) is 48.7 Å². The molecule has 1 aromatic carbocycles. The fraction of sp³-hybridized carbons (Fsp3) is 0.312. The maximum Gasteiger partial charge on any atom is 0.421 e. The lowest BCUT2D eigenvalue weighted by Crippen LogP contribution is -2.45. The molecule has 1 heterocycles. The first-order chi connectivity index (χ1) is 10.8. The van der Waals surface area contributed by atoms with Crippen molar-refractivity contribution in [1.29, 1.82) is 0 Å². The first-order valence-corrected chi connectivity index (χ1v) is 7.00. The van der Waals surface area contributed by atoms with Gasteiger partial charge in [-0.3, -0.25) is 4.79 Å². The Morgan fingerprint density at radius 3 is 2.35 bits per heavy atom. The van der Waals surface area contributed by atoms with Crippen molar-refractivity contribution in [1.82, 2.24) is 9.88 Å². The van der Waals surface area contributed by atoms with Crippen molar-refractivity contribution in [2.75, 3.05) is 6.54 Å². The van der Waals surface area contributed by atoms with Crippen molar-refractivity contribution in [2.45, 2.75) is 18.2 Å². The Kier molecular flexibility index (Phi) is 4.79. The molecule has 0 radical (unpaired) electrons. The normalized spacial score (nSPS) is 14.3. The van der Waals surface area contributed by atoms with Crippen LogP contribution in [0.1, 0.15) is 22.5 Å². The van der Waals surface area contributed by atoms with Crippen molar-refractivity contribution < 1.29 is 23.1 Å². The van der Waals surface area contributed by atoms with Crippen molar-refractivity contribution in [3.8, 4) is 0 Å². The monoisotopic (exact) mass is 326 g/mol. The Morgan fingerprint density at radius 1 is 1.17 bits per heavy atom. The van der Waals surface area contributed by atoms with Gasteiger partial charge in [0.15, 0.2) is 5.60 Å². The fourth-order valence-corrected chi connectivity index (χ4v) is 2.31. The van der Waals surface area contributed by atoms with E-state index in [0.29, 0.717) is 5.69 Å². The number of rotatable bonds is 5. The summed E-state index contributed by atoms with van der Waals surface area (Å²) in [5.41, 5.74) is -2.92. The average Bonchev–Trinajstić information content (AvgIpc) is 2.93. The third-order valence-corrected chi connectivity index (χ3v) is 3.67. The van der Waals surface area contributed by atoms with Crippen LogP contribution in [-0.4, -0.2) is 28.3 Å². The zero-order valence-electron chi connectivity index (χ0n) is 12.5. The molecule has 0 aliphatic carbocycles. The van der Waals surface area contributed by atoms with E-state index in [1.54, 1.807) is 36.0 Å². The van der Waals surface area contributed by atoms with Gasteiger partial charge in [0.05, 0.1) is 0 Å². The second-order valence-electron chi connectivity index (χ2n) is 5.23. The Balaban J connectivity index is 2.09. The summed E-state index contributed by atoms with van der Waals surface area (Å²) >= 11 is 0. The van der Waals surface area contributed by atoms with E-state index in [2.05, 4.69) is 5.32 Å². The second kappa shape index (κ2) is 6.45. The average molecular weight is 326 g/mol. The fourth-order valence-electron chi connectivity index (χ4n) is 2.31. The van der Waals surface area contributed by atoms with Crippen molar-refractivity contribution >= 4 is 5.91 Å². The molecule has 23 heavy (non-hydrogen) atoms. The Bertz CT molecular complexity index is 667. The van der Waals surface area contributed by atoms with E-state index in [4.69, 9.17) is 0 Å². The number of halogens is 3. The van der Waals surface area contributed by atoms with Gasteiger partial charge in [-0.1, -0.05) is 30.3 Å². The van der Waals surface area contributed by atoms with E-state index < -0.39 is 24.1 Å². The number of aromatic nitrogens is 1. The van der Waals surface area contributed by atoms with Gasteiger partial charge in [0.2, 0.25) is 0 Å². The number of amides is 1. The summed E-state index contributed by atoms with van der Waals surface area (Å²) < 4.78 is 41.4. The highest BCUT2D eigenvalue weighted by molar-refractivity contribution is 5.92. The minimum atomic E-state index is -4.84. The number of aryl methyl sites for hydroxylation is 1. The highest BCUT2D eigenvalue weighted by Crippen LogP contribution is 2.41. The predicted molar refractivity (Wildman–Crippen MR) is 78.8 cm³/mol. The molecule has 0 spiro atoms. The smallest absolute Gasteiger partial charge is 0.376 e. The van der Waals surface area contributed by atoms with Crippen LogP contribution in [0.25, 0.3) is 0 Å². The lowest BCUT2D eigenvalue weighted by molar-refractivity contribution is -0.268. The molecule has 1 atom stereocenters. The summed E-state index contributed by atoms with van der Waals surface area (Å²) in [4.78, 5) is 11.9. The Labute approximate surface area is 131 Å². The standard InChI is InChI=1S/C16H17F3N2O2/c1-21-11-5-8-13(21)14(22)20-10-9-15(23,16(17,18)19)12-6-3-2-4-7-12/h2-8,11,23H,9-10H2,1H3,(H,20,22). The first kappa shape index (κ1) is 17.1. The van der Waals surface area contributed by atoms with Gasteiger partial charge in [-0.25, -0.2) is 0 Å². The van der Waals surface area contributed by atoms with Crippen LogP contribution < -0.4 is 5.32 Å². The Morgan fingerprint density at radius 2 is 1.83 bits per heavy atom. The van der Waals surface area contributed by atoms with E-state index >= 15 is 0 Å². The quantitative estimate of drug-likeness (QED) is 0.887. The van der Waals surface area contributed by atoms with Gasteiger partial charge in [-0.05, 0) is 17.7 Å². The molecule has 1 amide bonds. The van der Waals surface area contributed by atoms with Crippen molar-refractivity contribution in [3.63, 3.8) is 0 Å². The molecule has 0 aliphatic heterocycles. The number of aliphatic hydroxyl groups is 1. The van der Waals surface area contributed by atoms with Crippen LogP contribution in [0.5, 0.6) is 0 Å². The van der Waals surface area contributed by atoms with Crippen molar-refractivity contribution in [3.05, 3.63) is 59.9 Å². The largest absolute Gasteiger partial charge is 0.421 e. The predicted octanol–water partition coefficient (Wildman–Crippen LogP) is 2.60. The zero-order chi connectivity index (χ0) is 17.1. The number of nitrogens with one attached hydrogen (secondary N) is 1. The van der Waals surface area contributed by atoms with Gasteiger partial charge < -0.3 is 15.0 Å². The van der Waals surface area contributed by atoms with Gasteiger partial charge in [0, 0.05) is 26.2 Å². The number of hydrogen-bond acceptors (Lipinski definition) is 2. The molecule has 0 saturated carbocycles. The van der Waals surface area contributed by atoms with Crippen LogP contribution in [0.2, 0.25) is 0 Å². The van der Waals surface area contributed by atoms with Crippen LogP contribution >= 0.6 is 0 Å². The van der Waals surface area contributed by atoms with Gasteiger partial charge in [-0.2, -0.15) is 13.2 Å². The minimum absolute atomic E-state index is 0.249. The van der Waals surface area contributed by atoms with Crippen LogP contribution in [0, 0.1) is 0 Å². The summed E-state index contributed by atoms with van der Waals surface area (Å²) in [6.45, 7) is -0.311. The third kappa shape index (κ3) is 3.56. The molecule has 2 N–H and O–H groups in total. The first-order valence-electron chi connectivity index (χ1n) is 7.00. The number of carbonyl (C=O) groups is 1. The van der Waals surface area contributed by atoms with E-state index in [1.807, 2.05) is 0 Å². The number of nitrogens with zero attached hydrogens (tertiary/aromatic N) is 1. The lowest BCUT2D eigenvalue weighted by Gasteiger charge is -2.31. The van der Waals surface area contributed by atoms with Gasteiger partial charge in [-0.15, -0.1) is 0 Å². The van der Waals surface area contributed by atoms with Crippen LogP contribution in [0.4, 0.5) is 13.2 Å². The van der Waals surface area contributed by atoms with E-state index in [1.165, 1.54) is 24.3 Å². The molecule has 2 aromatic rings. The molecule has 4 nitrogen and oxygen atoms in total. The zero-order valence-corrected chi connectivity index (χ0v) is 12.5. The maximum absolute atomic E-state index is 13.3. The van der Waals surface area contributed by atoms with Gasteiger partial charge in [0.1, 0.15) is 5.69 Å². The molecule has 0 bridgehead atoms. The molecule has 0 fully saturated rings. The lowest BCUT2D eigenvalue weighted by atomic mass is 9.89. The SMILES string of the molecule is Cn1cccc1C(=O)NCCC(O)(c1ccccc1)C(F)(F)F. The van der Waals surface area contributed by atoms with Gasteiger partial charge >= 0.3 is 6.18 Å². The molecular weight excluding hydrogens is 309 g/mol. The summed E-state index contributed by atoms with van der Waals surface area (Å²) in [5.74, 6) is -0.491.